The van der Waals surface area contributed by atoms with Crippen LogP contribution in [-0.2, 0) is 6.54 Å². The van der Waals surface area contributed by atoms with Gasteiger partial charge in [-0.15, -0.1) is 11.3 Å². The topological polar surface area (TPSA) is 28.2 Å². The largest absolute Gasteiger partial charge is 0.368 e. The molecule has 2 aromatic rings. The van der Waals surface area contributed by atoms with Crippen LogP contribution in [0.25, 0.3) is 0 Å². The van der Waals surface area contributed by atoms with Gasteiger partial charge in [-0.05, 0) is 38.4 Å². The smallest absolute Gasteiger partial charge is 0.0898 e. The molecule has 0 aliphatic heterocycles. The van der Waals surface area contributed by atoms with E-state index in [-0.39, 0.29) is 0 Å². The van der Waals surface area contributed by atoms with Gasteiger partial charge in [-0.1, -0.05) is 25.1 Å². The monoisotopic (exact) mass is 303 g/mol. The van der Waals surface area contributed by atoms with Crippen LogP contribution >= 0.6 is 11.3 Å². The van der Waals surface area contributed by atoms with Crippen LogP contribution < -0.4 is 10.2 Å². The third kappa shape index (κ3) is 4.29. The zero-order valence-electron chi connectivity index (χ0n) is 13.4. The molecule has 1 N–H and O–H groups in total. The Kier molecular flexibility index (Phi) is 5.76. The number of nitrogens with one attached hydrogen (secondary N) is 1. The lowest BCUT2D eigenvalue weighted by molar-refractivity contribution is 0.570. The molecule has 0 fully saturated rings. The summed E-state index contributed by atoms with van der Waals surface area (Å²) in [7, 11) is 2.14. The van der Waals surface area contributed by atoms with Crippen LogP contribution in [0.2, 0.25) is 0 Å². The number of thiazole rings is 1. The second-order valence-electron chi connectivity index (χ2n) is 5.45. The van der Waals surface area contributed by atoms with Gasteiger partial charge in [0, 0.05) is 24.2 Å². The van der Waals surface area contributed by atoms with Crippen molar-refractivity contribution in [1.29, 1.82) is 0 Å². The number of rotatable bonds is 7. The number of para-hydroxylation sites is 1. The highest BCUT2D eigenvalue weighted by atomic mass is 32.1. The lowest BCUT2D eigenvalue weighted by Crippen LogP contribution is -2.24. The van der Waals surface area contributed by atoms with Gasteiger partial charge in [0.2, 0.25) is 0 Å². The van der Waals surface area contributed by atoms with Crippen LogP contribution in [0, 0.1) is 6.92 Å². The fourth-order valence-electron chi connectivity index (χ4n) is 2.48. The van der Waals surface area contributed by atoms with Gasteiger partial charge in [0.1, 0.15) is 0 Å². The average molecular weight is 303 g/mol. The Hall–Kier alpha value is -1.39. The predicted octanol–water partition coefficient (Wildman–Crippen LogP) is 4.15. The first-order valence-corrected chi connectivity index (χ1v) is 8.44. The first kappa shape index (κ1) is 16.0. The molecule has 1 unspecified atom stereocenters. The van der Waals surface area contributed by atoms with Crippen molar-refractivity contribution in [3.8, 4) is 0 Å². The van der Waals surface area contributed by atoms with E-state index >= 15 is 0 Å². The summed E-state index contributed by atoms with van der Waals surface area (Å²) in [6.45, 7) is 8.38. The van der Waals surface area contributed by atoms with Gasteiger partial charge >= 0.3 is 0 Å². The molecule has 0 spiro atoms. The third-order valence-corrected chi connectivity index (χ3v) is 4.40. The second kappa shape index (κ2) is 7.57. The van der Waals surface area contributed by atoms with Crippen LogP contribution in [0.4, 0.5) is 5.69 Å². The van der Waals surface area contributed by atoms with Gasteiger partial charge in [0.15, 0.2) is 0 Å². The van der Waals surface area contributed by atoms with Crippen molar-refractivity contribution in [3.63, 3.8) is 0 Å². The van der Waals surface area contributed by atoms with Gasteiger partial charge in [-0.25, -0.2) is 4.98 Å². The van der Waals surface area contributed by atoms with Crippen molar-refractivity contribution in [3.05, 3.63) is 45.9 Å². The van der Waals surface area contributed by atoms with E-state index in [2.05, 4.69) is 72.7 Å². The fourth-order valence-corrected chi connectivity index (χ4v) is 3.08. The summed E-state index contributed by atoms with van der Waals surface area (Å²) < 4.78 is 0. The number of anilines is 1. The molecule has 114 valence electrons. The lowest BCUT2D eigenvalue weighted by atomic mass is 10.0. The highest BCUT2D eigenvalue weighted by Crippen LogP contribution is 2.26. The van der Waals surface area contributed by atoms with Gasteiger partial charge in [-0.3, -0.25) is 0 Å². The van der Waals surface area contributed by atoms with Crippen LogP contribution in [0.1, 0.15) is 42.6 Å². The predicted molar refractivity (Wildman–Crippen MR) is 92.1 cm³/mol. The van der Waals surface area contributed by atoms with Crippen molar-refractivity contribution in [1.82, 2.24) is 10.3 Å². The van der Waals surface area contributed by atoms with Gasteiger partial charge in [0.05, 0.1) is 17.2 Å². The Morgan fingerprint density at radius 2 is 2.10 bits per heavy atom. The maximum Gasteiger partial charge on any atom is 0.0898 e. The minimum Gasteiger partial charge on any atom is -0.368 e. The Bertz CT molecular complexity index is 565. The summed E-state index contributed by atoms with van der Waals surface area (Å²) in [4.78, 5) is 6.85. The van der Waals surface area contributed by atoms with E-state index in [9.17, 15) is 0 Å². The molecular weight excluding hydrogens is 278 g/mol. The van der Waals surface area contributed by atoms with Gasteiger partial charge in [-0.2, -0.15) is 0 Å². The second-order valence-corrected chi connectivity index (χ2v) is 6.51. The number of aryl methyl sites for hydroxylation is 1. The van der Waals surface area contributed by atoms with E-state index in [1.165, 1.54) is 11.3 Å². The van der Waals surface area contributed by atoms with E-state index in [4.69, 9.17) is 0 Å². The number of hydrogen-bond acceptors (Lipinski definition) is 4. The quantitative estimate of drug-likeness (QED) is 0.833. The molecule has 0 aliphatic rings. The average Bonchev–Trinajstić information content (AvgIpc) is 2.89. The van der Waals surface area contributed by atoms with Crippen molar-refractivity contribution < 1.29 is 0 Å². The Labute approximate surface area is 132 Å². The Morgan fingerprint density at radius 1 is 1.33 bits per heavy atom. The zero-order chi connectivity index (χ0) is 15.2. The first-order valence-electron chi connectivity index (χ1n) is 7.56. The van der Waals surface area contributed by atoms with E-state index < -0.39 is 0 Å². The summed E-state index contributed by atoms with van der Waals surface area (Å²) in [5.41, 5.74) is 3.77. The SMILES string of the molecule is CCCNC(C)c1ccccc1N(C)Cc1csc(C)n1. The lowest BCUT2D eigenvalue weighted by Gasteiger charge is -2.25. The minimum absolute atomic E-state index is 0.362. The summed E-state index contributed by atoms with van der Waals surface area (Å²) >= 11 is 1.71. The maximum absolute atomic E-state index is 4.56. The zero-order valence-corrected chi connectivity index (χ0v) is 14.2. The molecule has 0 radical (unpaired) electrons. The first-order chi connectivity index (χ1) is 10.1. The Morgan fingerprint density at radius 3 is 2.76 bits per heavy atom. The minimum atomic E-state index is 0.362. The number of benzene rings is 1. The molecule has 1 aromatic carbocycles. The number of aromatic nitrogens is 1. The molecule has 21 heavy (non-hydrogen) atoms. The fraction of sp³-hybridized carbons (Fsp3) is 0.471. The highest BCUT2D eigenvalue weighted by molar-refractivity contribution is 7.09. The molecule has 0 saturated heterocycles. The number of nitrogens with zero attached hydrogens (tertiary/aromatic N) is 2. The summed E-state index contributed by atoms with van der Waals surface area (Å²) in [6, 6.07) is 8.99. The highest BCUT2D eigenvalue weighted by Gasteiger charge is 2.13. The Balaban J connectivity index is 2.14. The van der Waals surface area contributed by atoms with Crippen molar-refractivity contribution in [2.24, 2.45) is 0 Å². The molecule has 0 bridgehead atoms. The van der Waals surface area contributed by atoms with E-state index in [1.807, 2.05) is 0 Å². The maximum atomic E-state index is 4.56. The third-order valence-electron chi connectivity index (χ3n) is 3.58. The summed E-state index contributed by atoms with van der Waals surface area (Å²) in [5.74, 6) is 0. The van der Waals surface area contributed by atoms with Crippen molar-refractivity contribution in [2.75, 3.05) is 18.5 Å². The molecule has 2 rings (SSSR count). The normalized spacial score (nSPS) is 12.4. The standard InChI is InChI=1S/C17H25N3S/c1-5-10-18-13(2)16-8-6-7-9-17(16)20(4)11-15-12-21-14(3)19-15/h6-9,12-13,18H,5,10-11H2,1-4H3. The van der Waals surface area contributed by atoms with Crippen LogP contribution in [0.5, 0.6) is 0 Å². The van der Waals surface area contributed by atoms with Crippen molar-refractivity contribution in [2.45, 2.75) is 39.8 Å². The molecule has 1 aromatic heterocycles. The van der Waals surface area contributed by atoms with Crippen molar-refractivity contribution >= 4 is 17.0 Å². The molecule has 0 aliphatic carbocycles. The summed E-state index contributed by atoms with van der Waals surface area (Å²) in [5, 5.41) is 6.85. The van der Waals surface area contributed by atoms with E-state index in [0.29, 0.717) is 6.04 Å². The summed E-state index contributed by atoms with van der Waals surface area (Å²) in [6.07, 6.45) is 1.15. The van der Waals surface area contributed by atoms with Crippen LogP contribution in [0.15, 0.2) is 29.6 Å². The van der Waals surface area contributed by atoms with E-state index in [0.717, 1.165) is 30.2 Å². The van der Waals surface area contributed by atoms with Crippen LogP contribution in [-0.4, -0.2) is 18.6 Å². The molecule has 0 amide bonds. The van der Waals surface area contributed by atoms with Gasteiger partial charge < -0.3 is 10.2 Å². The molecule has 1 atom stereocenters. The number of hydrogen-bond donors (Lipinski definition) is 1. The molecule has 4 heteroatoms. The van der Waals surface area contributed by atoms with Gasteiger partial charge in [0.25, 0.3) is 0 Å². The van der Waals surface area contributed by atoms with E-state index in [1.54, 1.807) is 11.3 Å². The van der Waals surface area contributed by atoms with Crippen LogP contribution in [0.3, 0.4) is 0 Å². The molecule has 0 saturated carbocycles. The molecular formula is C17H25N3S. The molecule has 1 heterocycles. The molecule has 3 nitrogen and oxygen atoms in total.